The van der Waals surface area contributed by atoms with Crippen LogP contribution < -0.4 is 4.74 Å². The van der Waals surface area contributed by atoms with Crippen molar-refractivity contribution in [3.63, 3.8) is 0 Å². The summed E-state index contributed by atoms with van der Waals surface area (Å²) in [5, 5.41) is 0.129. The third-order valence-electron chi connectivity index (χ3n) is 9.62. The number of allylic oxidation sites excluding steroid dienone is 4. The molecule has 39 heavy (non-hydrogen) atoms. The fourth-order valence-corrected chi connectivity index (χ4v) is 8.43. The zero-order valence-corrected chi connectivity index (χ0v) is 27.1. The van der Waals surface area contributed by atoms with Crippen molar-refractivity contribution in [1.82, 2.24) is 0 Å². The molecule has 2 heteroatoms. The predicted octanol–water partition coefficient (Wildman–Crippen LogP) is 10.5. The fraction of sp³-hybridized carbons (Fsp3) is 0.730. The molecule has 0 spiro atoms. The SMILES string of the molecule is BC(C)(CC(C)(C)C1=CCCCC(CCC2CC2)=C1)C(c1ccc(OCC2CC2)cc1)C(C)(C)CC(C)(C)C. The van der Waals surface area contributed by atoms with Gasteiger partial charge in [0.15, 0.2) is 0 Å². The lowest BCUT2D eigenvalue weighted by Crippen LogP contribution is -2.37. The van der Waals surface area contributed by atoms with Crippen LogP contribution in [-0.2, 0) is 0 Å². The quantitative estimate of drug-likeness (QED) is 0.231. The molecule has 0 radical (unpaired) electrons. The van der Waals surface area contributed by atoms with E-state index in [1.165, 1.54) is 76.2 Å². The molecule has 2 saturated carbocycles. The number of hydrogen-bond donors (Lipinski definition) is 0. The van der Waals surface area contributed by atoms with Gasteiger partial charge in [0.05, 0.1) is 6.61 Å². The molecule has 1 nitrogen and oxygen atoms in total. The third kappa shape index (κ3) is 9.03. The topological polar surface area (TPSA) is 9.23 Å². The van der Waals surface area contributed by atoms with E-state index >= 15 is 0 Å². The molecule has 4 rings (SSSR count). The van der Waals surface area contributed by atoms with Gasteiger partial charge < -0.3 is 4.74 Å². The van der Waals surface area contributed by atoms with Crippen molar-refractivity contribution in [3.8, 4) is 5.75 Å². The molecule has 0 bridgehead atoms. The van der Waals surface area contributed by atoms with Crippen molar-refractivity contribution in [2.45, 2.75) is 137 Å². The van der Waals surface area contributed by atoms with Gasteiger partial charge in [-0.3, -0.25) is 0 Å². The molecule has 1 aromatic carbocycles. The summed E-state index contributed by atoms with van der Waals surface area (Å²) in [6, 6.07) is 9.24. The first-order valence-corrected chi connectivity index (χ1v) is 16.3. The molecule has 0 N–H and O–H groups in total. The summed E-state index contributed by atoms with van der Waals surface area (Å²) in [7, 11) is 2.55. The molecular formula is C37H59BO. The van der Waals surface area contributed by atoms with Gasteiger partial charge >= 0.3 is 0 Å². The van der Waals surface area contributed by atoms with Crippen LogP contribution in [-0.4, -0.2) is 14.5 Å². The second-order valence-corrected chi connectivity index (χ2v) is 16.9. The highest BCUT2D eigenvalue weighted by Crippen LogP contribution is 2.59. The third-order valence-corrected chi connectivity index (χ3v) is 9.62. The summed E-state index contributed by atoms with van der Waals surface area (Å²) in [6.45, 7) is 20.7. The average molecular weight is 531 g/mol. The molecule has 2 atom stereocenters. The van der Waals surface area contributed by atoms with Gasteiger partial charge in [-0.1, -0.05) is 103 Å². The van der Waals surface area contributed by atoms with Gasteiger partial charge in [-0.05, 0) is 115 Å². The lowest BCUT2D eigenvalue weighted by atomic mass is 9.47. The minimum Gasteiger partial charge on any atom is -0.493 e. The van der Waals surface area contributed by atoms with E-state index in [9.17, 15) is 0 Å². The molecule has 2 fully saturated rings. The standard InChI is InChI=1S/C37H59BO/c1-34(2,3)25-36(6,7)33(30-19-21-32(22-20-30)39-24-29-17-18-29)37(8,38)26-35(4,5)31-12-10-9-11-28(23-31)16-15-27-13-14-27/h12,19-23,27,29,33H,9-11,13-18,24-26,38H2,1-8H3. The normalized spacial score (nSPS) is 21.4. The van der Waals surface area contributed by atoms with Crippen LogP contribution in [0.1, 0.15) is 138 Å². The van der Waals surface area contributed by atoms with Gasteiger partial charge in [0.2, 0.25) is 0 Å². The maximum absolute atomic E-state index is 6.12. The lowest BCUT2D eigenvalue weighted by molar-refractivity contribution is 0.132. The molecule has 0 heterocycles. The molecule has 0 aliphatic heterocycles. The van der Waals surface area contributed by atoms with Crippen LogP contribution >= 0.6 is 0 Å². The summed E-state index contributed by atoms with van der Waals surface area (Å²) in [5.41, 5.74) is 5.36. The Bertz CT molecular complexity index is 1010. The first kappa shape index (κ1) is 30.5. The summed E-state index contributed by atoms with van der Waals surface area (Å²) in [4.78, 5) is 0. The predicted molar refractivity (Wildman–Crippen MR) is 173 cm³/mol. The Morgan fingerprint density at radius 2 is 1.51 bits per heavy atom. The molecule has 216 valence electrons. The van der Waals surface area contributed by atoms with Crippen LogP contribution in [0.2, 0.25) is 5.31 Å². The van der Waals surface area contributed by atoms with E-state index in [0.29, 0.717) is 5.92 Å². The van der Waals surface area contributed by atoms with Crippen LogP contribution in [0.5, 0.6) is 5.75 Å². The Labute approximate surface area is 243 Å². The van der Waals surface area contributed by atoms with E-state index < -0.39 is 0 Å². The summed E-state index contributed by atoms with van der Waals surface area (Å²) in [5.74, 6) is 3.28. The highest BCUT2D eigenvalue weighted by Gasteiger charge is 2.45. The van der Waals surface area contributed by atoms with Gasteiger partial charge in [-0.25, -0.2) is 0 Å². The molecule has 1 aromatic rings. The minimum absolute atomic E-state index is 0.129. The van der Waals surface area contributed by atoms with Gasteiger partial charge in [0.1, 0.15) is 13.6 Å². The molecule has 0 amide bonds. The Morgan fingerprint density at radius 3 is 2.10 bits per heavy atom. The molecule has 3 aliphatic rings. The molecule has 0 aromatic heterocycles. The Hall–Kier alpha value is -1.44. The summed E-state index contributed by atoms with van der Waals surface area (Å²) < 4.78 is 6.12. The Kier molecular flexibility index (Phi) is 9.25. The van der Waals surface area contributed by atoms with Crippen LogP contribution in [0.25, 0.3) is 0 Å². The average Bonchev–Trinajstić information content (AvgIpc) is 3.68. The van der Waals surface area contributed by atoms with Crippen molar-refractivity contribution in [2.75, 3.05) is 6.61 Å². The van der Waals surface area contributed by atoms with Gasteiger partial charge in [0, 0.05) is 0 Å². The molecule has 0 saturated heterocycles. The first-order chi connectivity index (χ1) is 18.1. The van der Waals surface area contributed by atoms with Gasteiger partial charge in [-0.2, -0.15) is 0 Å². The highest BCUT2D eigenvalue weighted by molar-refractivity contribution is 6.15. The minimum atomic E-state index is 0.129. The second kappa shape index (κ2) is 11.8. The first-order valence-electron chi connectivity index (χ1n) is 16.3. The van der Waals surface area contributed by atoms with E-state index in [1.54, 1.807) is 11.1 Å². The lowest BCUT2D eigenvalue weighted by Gasteiger charge is -2.50. The largest absolute Gasteiger partial charge is 0.493 e. The zero-order chi connectivity index (χ0) is 28.5. The van der Waals surface area contributed by atoms with E-state index in [4.69, 9.17) is 4.74 Å². The summed E-state index contributed by atoms with van der Waals surface area (Å²) in [6.07, 6.45) is 19.8. The second-order valence-electron chi connectivity index (χ2n) is 16.9. The van der Waals surface area contributed by atoms with E-state index in [-0.39, 0.29) is 21.6 Å². The van der Waals surface area contributed by atoms with Crippen LogP contribution in [0, 0.1) is 28.1 Å². The molecule has 3 aliphatic carbocycles. The van der Waals surface area contributed by atoms with Gasteiger partial charge in [-0.15, -0.1) is 0 Å². The monoisotopic (exact) mass is 530 g/mol. The van der Waals surface area contributed by atoms with E-state index in [2.05, 4.69) is 99.7 Å². The molecular weight excluding hydrogens is 471 g/mol. The van der Waals surface area contributed by atoms with Gasteiger partial charge in [0.25, 0.3) is 0 Å². The van der Waals surface area contributed by atoms with Crippen LogP contribution in [0.4, 0.5) is 0 Å². The van der Waals surface area contributed by atoms with Crippen molar-refractivity contribution in [3.05, 3.63) is 53.1 Å². The molecule has 2 unspecified atom stereocenters. The maximum atomic E-state index is 6.12. The van der Waals surface area contributed by atoms with E-state index in [1.807, 2.05) is 0 Å². The van der Waals surface area contributed by atoms with Crippen LogP contribution in [0.3, 0.4) is 0 Å². The number of rotatable bonds is 13. The number of ether oxygens (including phenoxy) is 1. The Balaban J connectivity index is 1.59. The van der Waals surface area contributed by atoms with E-state index in [0.717, 1.165) is 24.2 Å². The zero-order valence-electron chi connectivity index (χ0n) is 27.1. The van der Waals surface area contributed by atoms with Crippen molar-refractivity contribution < 1.29 is 4.74 Å². The Morgan fingerprint density at radius 1 is 0.872 bits per heavy atom. The fourth-order valence-electron chi connectivity index (χ4n) is 8.43. The smallest absolute Gasteiger partial charge is 0.119 e. The summed E-state index contributed by atoms with van der Waals surface area (Å²) >= 11 is 0. The van der Waals surface area contributed by atoms with Crippen molar-refractivity contribution >= 4 is 7.85 Å². The van der Waals surface area contributed by atoms with Crippen molar-refractivity contribution in [2.24, 2.45) is 28.1 Å². The number of benzene rings is 1. The maximum Gasteiger partial charge on any atom is 0.119 e. The van der Waals surface area contributed by atoms with Crippen LogP contribution in [0.15, 0.2) is 47.6 Å². The number of hydrogen-bond acceptors (Lipinski definition) is 1. The van der Waals surface area contributed by atoms with Crippen molar-refractivity contribution in [1.29, 1.82) is 0 Å². The highest BCUT2D eigenvalue weighted by atomic mass is 16.5.